The molecule has 0 amide bonds. The van der Waals surface area contributed by atoms with Crippen LogP contribution in [0.25, 0.3) is 0 Å². The number of ether oxygens (including phenoxy) is 3. The molecule has 5 rings (SSSR count). The van der Waals surface area contributed by atoms with Gasteiger partial charge in [-0.2, -0.15) is 23.1 Å². The molecule has 0 radical (unpaired) electrons. The molecule has 2 fully saturated rings. The van der Waals surface area contributed by atoms with Gasteiger partial charge in [0.05, 0.1) is 23.1 Å². The Kier molecular flexibility index (Phi) is 10.2. The maximum atomic E-state index is 13.7. The van der Waals surface area contributed by atoms with Crippen molar-refractivity contribution in [2.75, 3.05) is 18.9 Å². The molecule has 0 N–H and O–H groups in total. The van der Waals surface area contributed by atoms with E-state index in [1.54, 1.807) is 0 Å². The molecular weight excluding hydrogens is 675 g/mol. The molecular formula is C29H25Cl2F2N3O7S2. The number of nitriles is 1. The number of halogens is 4. The number of hydrogen-bond donors (Lipinski definition) is 0. The summed E-state index contributed by atoms with van der Waals surface area (Å²) in [5.74, 6) is -0.517. The number of benzene rings is 2. The molecule has 1 aliphatic carbocycles. The van der Waals surface area contributed by atoms with E-state index in [-0.39, 0.29) is 63.1 Å². The SMILES string of the molecule is N#Cc1ccc(S(=O)(=O)N2CCS[C@H]2C(=O)O[C@@H](Cc2c(Cl)c[n+]([O-])cc2Cl)c2ccc(OC(F)F)c(OCC3CC3)c2)cc1. The zero-order valence-electron chi connectivity index (χ0n) is 23.3. The van der Waals surface area contributed by atoms with Crippen molar-refractivity contribution < 1.29 is 40.9 Å². The summed E-state index contributed by atoms with van der Waals surface area (Å²) >= 11 is 13.7. The minimum atomic E-state index is -4.15. The van der Waals surface area contributed by atoms with Gasteiger partial charge in [0.2, 0.25) is 10.0 Å². The Morgan fingerprint density at radius 2 is 1.82 bits per heavy atom. The highest BCUT2D eigenvalue weighted by atomic mass is 35.5. The number of rotatable bonds is 12. The van der Waals surface area contributed by atoms with Gasteiger partial charge in [0.25, 0.3) is 0 Å². The first-order valence-electron chi connectivity index (χ1n) is 13.6. The van der Waals surface area contributed by atoms with Crippen LogP contribution in [0.5, 0.6) is 11.5 Å². The van der Waals surface area contributed by atoms with Crippen LogP contribution >= 0.6 is 35.0 Å². The minimum Gasteiger partial charge on any atom is -0.619 e. The molecule has 0 spiro atoms. The van der Waals surface area contributed by atoms with E-state index in [4.69, 9.17) is 37.9 Å². The first kappa shape index (κ1) is 33.0. The van der Waals surface area contributed by atoms with Gasteiger partial charge in [0.15, 0.2) is 29.3 Å². The largest absolute Gasteiger partial charge is 0.619 e. The third-order valence-electron chi connectivity index (χ3n) is 7.07. The van der Waals surface area contributed by atoms with Crippen molar-refractivity contribution in [2.24, 2.45) is 5.92 Å². The molecule has 1 aromatic heterocycles. The van der Waals surface area contributed by atoms with Gasteiger partial charge < -0.3 is 19.4 Å². The standard InChI is InChI=1S/C29H25Cl2F2N3O7S2/c30-22-14-35(38)15-23(31)21(22)12-25(19-5-8-24(43-29(32)33)26(11-19)41-16-18-1-2-18)42-28(37)27-36(9-10-44-27)45(39,40)20-6-3-17(13-34)4-7-20/h3-8,11,14-15,18,25,27,29H,1-2,9-10,12,16H2/t25-,27-/m0/s1. The Hall–Kier alpha value is -3.35. The average Bonchev–Trinajstić information content (AvgIpc) is 3.69. The van der Waals surface area contributed by atoms with Gasteiger partial charge in [-0.25, -0.2) is 13.2 Å². The fraction of sp³-hybridized carbons (Fsp3) is 0.345. The summed E-state index contributed by atoms with van der Waals surface area (Å²) in [6.45, 7) is -2.82. The van der Waals surface area contributed by atoms with Crippen molar-refractivity contribution >= 4 is 51.0 Å². The fourth-order valence-corrected chi connectivity index (χ4v) is 8.23. The van der Waals surface area contributed by atoms with Crippen molar-refractivity contribution in [3.8, 4) is 17.6 Å². The van der Waals surface area contributed by atoms with Crippen LogP contribution in [0.4, 0.5) is 8.78 Å². The Morgan fingerprint density at radius 3 is 2.44 bits per heavy atom. The molecule has 10 nitrogen and oxygen atoms in total. The first-order valence-corrected chi connectivity index (χ1v) is 16.8. The predicted octanol–water partition coefficient (Wildman–Crippen LogP) is 5.48. The van der Waals surface area contributed by atoms with Gasteiger partial charge in [0, 0.05) is 24.3 Å². The number of esters is 1. The third kappa shape index (κ3) is 7.90. The fourth-order valence-electron chi connectivity index (χ4n) is 4.58. The lowest BCUT2D eigenvalue weighted by molar-refractivity contribution is -0.605. The van der Waals surface area contributed by atoms with E-state index < -0.39 is 34.1 Å². The van der Waals surface area contributed by atoms with Crippen LogP contribution in [0.15, 0.2) is 59.8 Å². The molecule has 2 atom stereocenters. The zero-order chi connectivity index (χ0) is 32.3. The second kappa shape index (κ2) is 14.0. The summed E-state index contributed by atoms with van der Waals surface area (Å²) in [7, 11) is -4.15. The van der Waals surface area contributed by atoms with Crippen LogP contribution in [-0.4, -0.2) is 49.6 Å². The highest BCUT2D eigenvalue weighted by Crippen LogP contribution is 2.39. The second-order valence-electron chi connectivity index (χ2n) is 10.2. The summed E-state index contributed by atoms with van der Waals surface area (Å²) < 4.78 is 71.0. The number of alkyl halides is 2. The Morgan fingerprint density at radius 1 is 1.13 bits per heavy atom. The van der Waals surface area contributed by atoms with Gasteiger partial charge in [0.1, 0.15) is 16.1 Å². The lowest BCUT2D eigenvalue weighted by atomic mass is 10.0. The first-order chi connectivity index (χ1) is 21.5. The molecule has 16 heteroatoms. The van der Waals surface area contributed by atoms with E-state index in [1.165, 1.54) is 42.5 Å². The van der Waals surface area contributed by atoms with Gasteiger partial charge in [-0.15, -0.1) is 11.8 Å². The van der Waals surface area contributed by atoms with Crippen molar-refractivity contribution in [1.29, 1.82) is 5.26 Å². The number of nitrogens with zero attached hydrogens (tertiary/aromatic N) is 3. The van der Waals surface area contributed by atoms with Gasteiger partial charge >= 0.3 is 12.6 Å². The molecule has 238 valence electrons. The molecule has 1 saturated heterocycles. The second-order valence-corrected chi connectivity index (χ2v) is 14.1. The van der Waals surface area contributed by atoms with Gasteiger partial charge in [-0.1, -0.05) is 29.3 Å². The van der Waals surface area contributed by atoms with E-state index in [0.717, 1.165) is 41.3 Å². The predicted molar refractivity (Wildman–Crippen MR) is 161 cm³/mol. The molecule has 1 aliphatic heterocycles. The highest BCUT2D eigenvalue weighted by molar-refractivity contribution is 8.02. The summed E-state index contributed by atoms with van der Waals surface area (Å²) in [5.41, 5.74) is 0.832. The van der Waals surface area contributed by atoms with Crippen LogP contribution < -0.4 is 14.2 Å². The smallest absolute Gasteiger partial charge is 0.387 e. The molecule has 2 aliphatic rings. The lowest BCUT2D eigenvalue weighted by Gasteiger charge is -2.26. The van der Waals surface area contributed by atoms with Crippen molar-refractivity contribution in [3.05, 3.63) is 86.8 Å². The Bertz CT molecular complexity index is 1700. The van der Waals surface area contributed by atoms with Gasteiger partial charge in [-0.05, 0) is 60.7 Å². The molecule has 2 heterocycles. The normalized spacial score (nSPS) is 17.6. The minimum absolute atomic E-state index is 0.00339. The zero-order valence-corrected chi connectivity index (χ0v) is 26.4. The highest BCUT2D eigenvalue weighted by Gasteiger charge is 2.42. The topological polar surface area (TPSA) is 133 Å². The summed E-state index contributed by atoms with van der Waals surface area (Å²) in [4.78, 5) is 13.6. The van der Waals surface area contributed by atoms with Crippen LogP contribution in [0.1, 0.15) is 35.6 Å². The summed E-state index contributed by atoms with van der Waals surface area (Å²) in [6, 6.07) is 11.3. The Labute approximate surface area is 272 Å². The van der Waals surface area contributed by atoms with Crippen LogP contribution in [0.3, 0.4) is 0 Å². The molecule has 2 aromatic carbocycles. The van der Waals surface area contributed by atoms with Crippen LogP contribution in [-0.2, 0) is 26.0 Å². The quantitative estimate of drug-likeness (QED) is 0.137. The number of carbonyl (C=O) groups excluding carboxylic acids is 1. The van der Waals surface area contributed by atoms with E-state index in [2.05, 4.69) is 4.74 Å². The summed E-state index contributed by atoms with van der Waals surface area (Å²) in [6.07, 6.45) is 2.71. The van der Waals surface area contributed by atoms with E-state index in [0.29, 0.717) is 16.0 Å². The molecule has 1 saturated carbocycles. The number of hydrogen-bond acceptors (Lipinski definition) is 9. The van der Waals surface area contributed by atoms with Crippen LogP contribution in [0.2, 0.25) is 10.0 Å². The van der Waals surface area contributed by atoms with Crippen LogP contribution in [0, 0.1) is 22.5 Å². The monoisotopic (exact) mass is 699 g/mol. The number of carbonyl (C=O) groups is 1. The number of sulfonamides is 1. The van der Waals surface area contributed by atoms with E-state index in [1.807, 2.05) is 6.07 Å². The van der Waals surface area contributed by atoms with Crippen molar-refractivity contribution in [3.63, 3.8) is 0 Å². The number of aromatic nitrogens is 1. The van der Waals surface area contributed by atoms with Crippen molar-refractivity contribution in [1.82, 2.24) is 4.31 Å². The van der Waals surface area contributed by atoms with Gasteiger partial charge in [-0.3, -0.25) is 0 Å². The molecule has 3 aromatic rings. The average molecular weight is 701 g/mol. The lowest BCUT2D eigenvalue weighted by Crippen LogP contribution is -2.40. The number of thioether (sulfide) groups is 1. The third-order valence-corrected chi connectivity index (χ3v) is 10.9. The van der Waals surface area contributed by atoms with E-state index >= 15 is 0 Å². The van der Waals surface area contributed by atoms with E-state index in [9.17, 15) is 27.2 Å². The molecule has 0 unspecified atom stereocenters. The number of pyridine rings is 1. The maximum absolute atomic E-state index is 13.7. The Balaban J connectivity index is 1.47. The molecule has 45 heavy (non-hydrogen) atoms. The maximum Gasteiger partial charge on any atom is 0.387 e. The molecule has 0 bridgehead atoms. The van der Waals surface area contributed by atoms with Crippen molar-refractivity contribution in [2.45, 2.75) is 42.2 Å². The summed E-state index contributed by atoms with van der Waals surface area (Å²) in [5, 5.41) is 19.6.